The number of halogens is 2. The Kier molecular flexibility index (Phi) is 6.08. The van der Waals surface area contributed by atoms with Crippen LogP contribution < -0.4 is 20.3 Å². The summed E-state index contributed by atoms with van der Waals surface area (Å²) in [4.78, 5) is 25.5. The first-order valence-electron chi connectivity index (χ1n) is 11.2. The number of benzene rings is 1. The Morgan fingerprint density at radius 2 is 1.92 bits per heavy atom. The summed E-state index contributed by atoms with van der Waals surface area (Å²) in [6.07, 6.45) is 6.10. The van der Waals surface area contributed by atoms with Crippen LogP contribution >= 0.6 is 0 Å². The molecule has 4 heterocycles. The number of aryl methyl sites for hydroxylation is 1. The molecule has 4 aromatic rings. The van der Waals surface area contributed by atoms with E-state index in [0.717, 1.165) is 11.6 Å². The molecule has 3 aromatic heterocycles. The Morgan fingerprint density at radius 3 is 2.53 bits per heavy atom. The van der Waals surface area contributed by atoms with Crippen LogP contribution in [0.2, 0.25) is 0 Å². The van der Waals surface area contributed by atoms with Gasteiger partial charge in [0, 0.05) is 43.9 Å². The van der Waals surface area contributed by atoms with Gasteiger partial charge in [-0.3, -0.25) is 14.5 Å². The summed E-state index contributed by atoms with van der Waals surface area (Å²) in [7, 11) is 4.34. The number of nitrogens with one attached hydrogen (secondary N) is 1. The summed E-state index contributed by atoms with van der Waals surface area (Å²) in [6, 6.07) is 4.19. The molecule has 1 N–H and O–H groups in total. The van der Waals surface area contributed by atoms with Gasteiger partial charge >= 0.3 is 0 Å². The third-order valence-electron chi connectivity index (χ3n) is 5.97. The van der Waals surface area contributed by atoms with Gasteiger partial charge in [-0.05, 0) is 18.6 Å². The molecule has 0 saturated carbocycles. The summed E-state index contributed by atoms with van der Waals surface area (Å²) in [5.74, 6) is -2.41. The number of hydrogen-bond donors (Lipinski definition) is 1. The molecule has 5 rings (SSSR count). The molecule has 0 spiro atoms. The van der Waals surface area contributed by atoms with Crippen molar-refractivity contribution in [3.8, 4) is 22.8 Å². The summed E-state index contributed by atoms with van der Waals surface area (Å²) < 4.78 is 43.6. The third-order valence-corrected chi connectivity index (χ3v) is 5.97. The van der Waals surface area contributed by atoms with Crippen molar-refractivity contribution in [1.29, 1.82) is 0 Å². The van der Waals surface area contributed by atoms with Crippen molar-refractivity contribution in [1.82, 2.24) is 29.6 Å². The molecular formula is C24H23F2N7O3. The van der Waals surface area contributed by atoms with Gasteiger partial charge in [0.15, 0.2) is 28.8 Å². The Balaban J connectivity index is 1.75. The highest BCUT2D eigenvalue weighted by Gasteiger charge is 2.24. The van der Waals surface area contributed by atoms with Crippen molar-refractivity contribution in [3.05, 3.63) is 53.9 Å². The average molecular weight is 495 g/mol. The van der Waals surface area contributed by atoms with E-state index in [4.69, 9.17) is 14.5 Å². The quantitative estimate of drug-likeness (QED) is 0.441. The van der Waals surface area contributed by atoms with Crippen LogP contribution in [0.15, 0.2) is 41.8 Å². The standard InChI is InChI=1S/C24H23F2N7O3/c1-32-11-13(9-28-32)16-10-27-15-5-6-19(33(24(15)30-16)12-14-4-7-20(34)29-14)31-23-21(25)17(35-2)8-18(36-3)22(23)26/h5-6,8-11,14H,4,7,12H2,1-3H3,(H,29,34). The molecule has 0 aliphatic carbocycles. The number of methoxy groups -OCH3 is 2. The predicted octanol–water partition coefficient (Wildman–Crippen LogP) is 2.64. The van der Waals surface area contributed by atoms with E-state index < -0.39 is 17.3 Å². The smallest absolute Gasteiger partial charge is 0.220 e. The molecule has 1 aliphatic heterocycles. The second kappa shape index (κ2) is 9.36. The van der Waals surface area contributed by atoms with Crippen LogP contribution in [0.3, 0.4) is 0 Å². The molecule has 1 fully saturated rings. The van der Waals surface area contributed by atoms with Crippen LogP contribution in [0.5, 0.6) is 11.5 Å². The maximum Gasteiger partial charge on any atom is 0.220 e. The maximum absolute atomic E-state index is 15.1. The van der Waals surface area contributed by atoms with Crippen molar-refractivity contribution >= 4 is 22.8 Å². The van der Waals surface area contributed by atoms with Crippen LogP contribution in [-0.4, -0.2) is 50.5 Å². The molecule has 1 unspecified atom stereocenters. The fraction of sp³-hybridized carbons (Fsp3) is 0.292. The summed E-state index contributed by atoms with van der Waals surface area (Å²) in [5, 5.41) is 7.10. The highest BCUT2D eigenvalue weighted by atomic mass is 19.1. The summed E-state index contributed by atoms with van der Waals surface area (Å²) in [5.41, 5.74) is 1.96. The van der Waals surface area contributed by atoms with Gasteiger partial charge in [-0.15, -0.1) is 0 Å². The van der Waals surface area contributed by atoms with E-state index >= 15 is 8.78 Å². The Bertz CT molecular complexity index is 1520. The molecule has 1 amide bonds. The van der Waals surface area contributed by atoms with Crippen molar-refractivity contribution in [3.63, 3.8) is 0 Å². The number of carbonyl (C=O) groups is 1. The van der Waals surface area contributed by atoms with E-state index in [1.807, 2.05) is 0 Å². The van der Waals surface area contributed by atoms with E-state index in [-0.39, 0.29) is 35.5 Å². The lowest BCUT2D eigenvalue weighted by atomic mass is 10.2. The number of ether oxygens (including phenoxy) is 2. The van der Waals surface area contributed by atoms with Crippen LogP contribution in [-0.2, 0) is 18.4 Å². The van der Waals surface area contributed by atoms with Gasteiger partial charge in [0.05, 0.1) is 32.3 Å². The molecule has 1 aliphatic rings. The fourth-order valence-electron chi connectivity index (χ4n) is 4.15. The molecule has 1 aromatic carbocycles. The summed E-state index contributed by atoms with van der Waals surface area (Å²) >= 11 is 0. The molecule has 10 nitrogen and oxygen atoms in total. The van der Waals surface area contributed by atoms with Gasteiger partial charge in [0.1, 0.15) is 16.7 Å². The first-order valence-corrected chi connectivity index (χ1v) is 11.2. The Hall–Kier alpha value is -4.35. The number of aromatic nitrogens is 5. The largest absolute Gasteiger partial charge is 0.493 e. The minimum Gasteiger partial charge on any atom is -0.493 e. The zero-order chi connectivity index (χ0) is 25.4. The lowest BCUT2D eigenvalue weighted by Crippen LogP contribution is -2.34. The van der Waals surface area contributed by atoms with Gasteiger partial charge in [-0.2, -0.15) is 5.10 Å². The second-order valence-electron chi connectivity index (χ2n) is 8.34. The van der Waals surface area contributed by atoms with Crippen molar-refractivity contribution in [2.24, 2.45) is 12.0 Å². The SMILES string of the molecule is COc1cc(OC)c(F)c(N=c2ccc3ncc(-c4cnn(C)c4)nc3n2CC2CCC(=O)N2)c1F. The lowest BCUT2D eigenvalue weighted by molar-refractivity contribution is -0.119. The number of carbonyl (C=O) groups excluding carboxylic acids is 1. The lowest BCUT2D eigenvalue weighted by Gasteiger charge is -2.16. The van der Waals surface area contributed by atoms with E-state index in [9.17, 15) is 4.79 Å². The van der Waals surface area contributed by atoms with Gasteiger partial charge in [-0.25, -0.2) is 18.8 Å². The zero-order valence-electron chi connectivity index (χ0n) is 19.8. The monoisotopic (exact) mass is 495 g/mol. The molecule has 36 heavy (non-hydrogen) atoms. The van der Waals surface area contributed by atoms with E-state index in [0.29, 0.717) is 29.7 Å². The molecule has 0 radical (unpaired) electrons. The minimum atomic E-state index is -0.966. The number of pyridine rings is 1. The molecule has 1 saturated heterocycles. The second-order valence-corrected chi connectivity index (χ2v) is 8.34. The molecule has 1 atom stereocenters. The fourth-order valence-corrected chi connectivity index (χ4v) is 4.15. The van der Waals surface area contributed by atoms with Gasteiger partial charge in [0.2, 0.25) is 5.91 Å². The number of fused-ring (bicyclic) bond motifs is 1. The molecule has 186 valence electrons. The molecule has 12 heteroatoms. The van der Waals surface area contributed by atoms with Crippen LogP contribution in [0.1, 0.15) is 12.8 Å². The van der Waals surface area contributed by atoms with Gasteiger partial charge in [-0.1, -0.05) is 0 Å². The Labute approximate surface area is 204 Å². The minimum absolute atomic E-state index is 0.0592. The van der Waals surface area contributed by atoms with Gasteiger partial charge in [0.25, 0.3) is 0 Å². The zero-order valence-corrected chi connectivity index (χ0v) is 19.8. The summed E-state index contributed by atoms with van der Waals surface area (Å²) in [6.45, 7) is 0.275. The number of nitrogens with zero attached hydrogens (tertiary/aromatic N) is 6. The first-order chi connectivity index (χ1) is 17.4. The molecule has 0 bridgehead atoms. The van der Waals surface area contributed by atoms with Crippen molar-refractivity contribution in [2.45, 2.75) is 25.4 Å². The topological polar surface area (TPSA) is 108 Å². The van der Waals surface area contributed by atoms with Crippen LogP contribution in [0, 0.1) is 11.6 Å². The maximum atomic E-state index is 15.1. The number of amides is 1. The van der Waals surface area contributed by atoms with Crippen LogP contribution in [0.25, 0.3) is 22.4 Å². The third kappa shape index (κ3) is 4.25. The van der Waals surface area contributed by atoms with E-state index in [1.165, 1.54) is 14.2 Å². The average Bonchev–Trinajstić information content (AvgIpc) is 3.50. The first kappa shape index (κ1) is 23.4. The van der Waals surface area contributed by atoms with Crippen molar-refractivity contribution in [2.75, 3.05) is 14.2 Å². The Morgan fingerprint density at radius 1 is 1.17 bits per heavy atom. The van der Waals surface area contributed by atoms with E-state index in [2.05, 4.69) is 20.4 Å². The van der Waals surface area contributed by atoms with Crippen molar-refractivity contribution < 1.29 is 23.0 Å². The van der Waals surface area contributed by atoms with E-state index in [1.54, 1.807) is 47.0 Å². The number of rotatable bonds is 6. The predicted molar refractivity (Wildman–Crippen MR) is 126 cm³/mol. The molecular weight excluding hydrogens is 472 g/mol. The highest BCUT2D eigenvalue weighted by Crippen LogP contribution is 2.36. The number of hydrogen-bond acceptors (Lipinski definition) is 7. The van der Waals surface area contributed by atoms with Crippen LogP contribution in [0.4, 0.5) is 14.5 Å². The highest BCUT2D eigenvalue weighted by molar-refractivity contribution is 5.78. The van der Waals surface area contributed by atoms with Gasteiger partial charge < -0.3 is 19.4 Å². The normalized spacial score (nSPS) is 16.0.